The predicted molar refractivity (Wildman–Crippen MR) is 82.1 cm³/mol. The molecule has 0 aliphatic carbocycles. The number of benzene rings is 1. The monoisotopic (exact) mass is 287 g/mol. The molecule has 2 aromatic rings. The van der Waals surface area contributed by atoms with Gasteiger partial charge in [-0.1, -0.05) is 29.8 Å². The Bertz CT molecular complexity index is 629. The first-order chi connectivity index (χ1) is 9.54. The van der Waals surface area contributed by atoms with Crippen LogP contribution < -0.4 is 5.43 Å². The van der Waals surface area contributed by atoms with Gasteiger partial charge < -0.3 is 0 Å². The van der Waals surface area contributed by atoms with Gasteiger partial charge in [0.05, 0.1) is 12.1 Å². The summed E-state index contributed by atoms with van der Waals surface area (Å²) in [5, 5.41) is 6.86. The van der Waals surface area contributed by atoms with Gasteiger partial charge in [0.1, 0.15) is 5.01 Å². The van der Waals surface area contributed by atoms with Crippen molar-refractivity contribution in [3.63, 3.8) is 0 Å². The van der Waals surface area contributed by atoms with Crippen LogP contribution in [0.3, 0.4) is 0 Å². The van der Waals surface area contributed by atoms with E-state index in [9.17, 15) is 4.79 Å². The lowest BCUT2D eigenvalue weighted by molar-refractivity contribution is -0.120. The first kappa shape index (κ1) is 14.4. The molecule has 0 saturated carbocycles. The van der Waals surface area contributed by atoms with E-state index in [1.807, 2.05) is 50.4 Å². The van der Waals surface area contributed by atoms with Crippen LogP contribution in [-0.4, -0.2) is 16.6 Å². The smallest absolute Gasteiger partial charge is 0.246 e. The Hall–Kier alpha value is -2.01. The minimum atomic E-state index is -0.147. The summed E-state index contributed by atoms with van der Waals surface area (Å²) >= 11 is 1.49. The van der Waals surface area contributed by atoms with Crippen molar-refractivity contribution >= 4 is 23.0 Å². The molecule has 0 spiro atoms. The van der Waals surface area contributed by atoms with E-state index < -0.39 is 0 Å². The molecule has 104 valence electrons. The van der Waals surface area contributed by atoms with E-state index in [-0.39, 0.29) is 12.3 Å². The lowest BCUT2D eigenvalue weighted by Gasteiger charge is -2.02. The average Bonchev–Trinajstić information content (AvgIpc) is 2.82. The van der Waals surface area contributed by atoms with Crippen molar-refractivity contribution in [2.75, 3.05) is 0 Å². The van der Waals surface area contributed by atoms with Gasteiger partial charge >= 0.3 is 0 Å². The maximum atomic E-state index is 11.8. The third-order valence-electron chi connectivity index (χ3n) is 2.80. The summed E-state index contributed by atoms with van der Waals surface area (Å²) in [5.41, 5.74) is 6.50. The van der Waals surface area contributed by atoms with Crippen LogP contribution >= 0.6 is 11.3 Å². The number of nitrogens with zero attached hydrogens (tertiary/aromatic N) is 2. The number of hydrogen-bond acceptors (Lipinski definition) is 4. The molecule has 0 bridgehead atoms. The maximum Gasteiger partial charge on any atom is 0.246 e. The zero-order valence-electron chi connectivity index (χ0n) is 11.8. The van der Waals surface area contributed by atoms with Gasteiger partial charge in [-0.25, -0.2) is 10.4 Å². The van der Waals surface area contributed by atoms with Crippen molar-refractivity contribution in [2.24, 2.45) is 5.10 Å². The van der Waals surface area contributed by atoms with Crippen molar-refractivity contribution in [3.05, 3.63) is 51.5 Å². The molecule has 0 saturated heterocycles. The molecular formula is C15H17N3OS. The van der Waals surface area contributed by atoms with E-state index in [0.29, 0.717) is 0 Å². The molecule has 0 atom stereocenters. The van der Waals surface area contributed by atoms with Crippen LogP contribution in [0.25, 0.3) is 0 Å². The van der Waals surface area contributed by atoms with Gasteiger partial charge in [-0.3, -0.25) is 4.79 Å². The Morgan fingerprint density at radius 2 is 2.00 bits per heavy atom. The number of nitrogens with one attached hydrogen (secondary N) is 1. The van der Waals surface area contributed by atoms with Crippen molar-refractivity contribution in [1.82, 2.24) is 10.4 Å². The summed E-state index contributed by atoms with van der Waals surface area (Å²) in [6, 6.07) is 8.03. The molecule has 1 heterocycles. The third-order valence-corrected chi connectivity index (χ3v) is 3.76. The van der Waals surface area contributed by atoms with Gasteiger partial charge in [0, 0.05) is 11.1 Å². The molecule has 0 radical (unpaired) electrons. The SMILES string of the molecule is C/C(=N/NC(=O)Cc1nc(C)cs1)c1ccc(C)cc1. The quantitative estimate of drug-likeness (QED) is 0.694. The summed E-state index contributed by atoms with van der Waals surface area (Å²) in [7, 11) is 0. The van der Waals surface area contributed by atoms with E-state index in [4.69, 9.17) is 0 Å². The zero-order chi connectivity index (χ0) is 14.5. The fourth-order valence-corrected chi connectivity index (χ4v) is 2.44. The van der Waals surface area contributed by atoms with Gasteiger partial charge in [0.2, 0.25) is 5.91 Å². The summed E-state index contributed by atoms with van der Waals surface area (Å²) in [4.78, 5) is 16.0. The summed E-state index contributed by atoms with van der Waals surface area (Å²) in [6.45, 7) is 5.82. The van der Waals surface area contributed by atoms with Gasteiger partial charge in [-0.15, -0.1) is 11.3 Å². The lowest BCUT2D eigenvalue weighted by Crippen LogP contribution is -2.21. The minimum Gasteiger partial charge on any atom is -0.273 e. The largest absolute Gasteiger partial charge is 0.273 e. The average molecular weight is 287 g/mol. The van der Waals surface area contributed by atoms with Crippen LogP contribution in [-0.2, 0) is 11.2 Å². The normalized spacial score (nSPS) is 11.4. The first-order valence-electron chi connectivity index (χ1n) is 6.36. The van der Waals surface area contributed by atoms with E-state index in [1.54, 1.807) is 0 Å². The topological polar surface area (TPSA) is 54.4 Å². The second-order valence-electron chi connectivity index (χ2n) is 4.66. The number of aryl methyl sites for hydroxylation is 2. The van der Waals surface area contributed by atoms with Crippen LogP contribution in [0.1, 0.15) is 28.8 Å². The summed E-state index contributed by atoms with van der Waals surface area (Å²) in [6.07, 6.45) is 0.267. The number of carbonyl (C=O) groups is 1. The van der Waals surface area contributed by atoms with E-state index in [0.717, 1.165) is 22.0 Å². The zero-order valence-corrected chi connectivity index (χ0v) is 12.6. The molecule has 5 heteroatoms. The van der Waals surface area contributed by atoms with E-state index >= 15 is 0 Å². The van der Waals surface area contributed by atoms with Gasteiger partial charge in [-0.2, -0.15) is 5.10 Å². The Kier molecular flexibility index (Phi) is 4.63. The fraction of sp³-hybridized carbons (Fsp3) is 0.267. The molecule has 1 amide bonds. The number of hydrogen-bond donors (Lipinski definition) is 1. The van der Waals surface area contributed by atoms with Crippen LogP contribution in [0.15, 0.2) is 34.7 Å². The summed E-state index contributed by atoms with van der Waals surface area (Å²) in [5.74, 6) is -0.147. The van der Waals surface area contributed by atoms with Gasteiger partial charge in [-0.05, 0) is 26.3 Å². The van der Waals surface area contributed by atoms with Gasteiger partial charge in [0.15, 0.2) is 0 Å². The third kappa shape index (κ3) is 3.99. The maximum absolute atomic E-state index is 11.8. The van der Waals surface area contributed by atoms with Crippen molar-refractivity contribution in [2.45, 2.75) is 27.2 Å². The van der Waals surface area contributed by atoms with Gasteiger partial charge in [0.25, 0.3) is 0 Å². The predicted octanol–water partition coefficient (Wildman–Crippen LogP) is 2.84. The van der Waals surface area contributed by atoms with Crippen LogP contribution in [0.5, 0.6) is 0 Å². The number of carbonyl (C=O) groups excluding carboxylic acids is 1. The summed E-state index contributed by atoms with van der Waals surface area (Å²) < 4.78 is 0. The highest BCUT2D eigenvalue weighted by molar-refractivity contribution is 7.09. The van der Waals surface area contributed by atoms with Crippen molar-refractivity contribution in [1.29, 1.82) is 0 Å². The Morgan fingerprint density at radius 1 is 1.30 bits per heavy atom. The Morgan fingerprint density at radius 3 is 2.60 bits per heavy atom. The molecule has 1 N–H and O–H groups in total. The highest BCUT2D eigenvalue weighted by atomic mass is 32.1. The van der Waals surface area contributed by atoms with Crippen LogP contribution in [0.2, 0.25) is 0 Å². The molecule has 4 nitrogen and oxygen atoms in total. The Labute approximate surface area is 122 Å². The van der Waals surface area contributed by atoms with E-state index in [2.05, 4.69) is 15.5 Å². The van der Waals surface area contributed by atoms with Crippen molar-refractivity contribution < 1.29 is 4.79 Å². The highest BCUT2D eigenvalue weighted by Gasteiger charge is 2.06. The molecule has 0 fully saturated rings. The number of aromatic nitrogens is 1. The first-order valence-corrected chi connectivity index (χ1v) is 7.24. The minimum absolute atomic E-state index is 0.147. The number of rotatable bonds is 4. The molecule has 20 heavy (non-hydrogen) atoms. The second kappa shape index (κ2) is 6.43. The standard InChI is InChI=1S/C15H17N3OS/c1-10-4-6-13(7-5-10)12(3)17-18-14(19)8-15-16-11(2)9-20-15/h4-7,9H,8H2,1-3H3,(H,18,19)/b17-12-. The van der Waals surface area contributed by atoms with Crippen molar-refractivity contribution in [3.8, 4) is 0 Å². The second-order valence-corrected chi connectivity index (χ2v) is 5.60. The molecule has 1 aromatic heterocycles. The molecule has 0 aliphatic heterocycles. The number of thiazole rings is 1. The molecule has 1 aromatic carbocycles. The molecule has 0 unspecified atom stereocenters. The molecule has 0 aliphatic rings. The molecule has 2 rings (SSSR count). The number of hydrazone groups is 1. The highest BCUT2D eigenvalue weighted by Crippen LogP contribution is 2.09. The Balaban J connectivity index is 1.94. The molecular weight excluding hydrogens is 270 g/mol. The fourth-order valence-electron chi connectivity index (χ4n) is 1.67. The van der Waals surface area contributed by atoms with Crippen LogP contribution in [0.4, 0.5) is 0 Å². The number of amides is 1. The lowest BCUT2D eigenvalue weighted by atomic mass is 10.1. The van der Waals surface area contributed by atoms with Crippen LogP contribution in [0, 0.1) is 13.8 Å². The van der Waals surface area contributed by atoms with E-state index in [1.165, 1.54) is 16.9 Å².